The van der Waals surface area contributed by atoms with Crippen LogP contribution in [-0.2, 0) is 6.54 Å². The first kappa shape index (κ1) is 15.1. The van der Waals surface area contributed by atoms with Gasteiger partial charge in [0.05, 0.1) is 11.6 Å². The zero-order valence-corrected chi connectivity index (χ0v) is 13.8. The molecule has 2 nitrogen and oxygen atoms in total. The van der Waals surface area contributed by atoms with Gasteiger partial charge in [0.2, 0.25) is 0 Å². The number of benzene rings is 2. The van der Waals surface area contributed by atoms with Crippen LogP contribution in [0.3, 0.4) is 0 Å². The summed E-state index contributed by atoms with van der Waals surface area (Å²) >= 11 is 9.16. The molecule has 0 atom stereocenters. The van der Waals surface area contributed by atoms with Gasteiger partial charge >= 0.3 is 0 Å². The van der Waals surface area contributed by atoms with Gasteiger partial charge in [-0.1, -0.05) is 39.7 Å². The highest BCUT2D eigenvalue weighted by molar-refractivity contribution is 9.10. The van der Waals surface area contributed by atoms with Crippen LogP contribution in [0.15, 0.2) is 63.5 Å². The Morgan fingerprint density at radius 1 is 1.05 bits per heavy atom. The molecule has 1 aromatic heterocycles. The summed E-state index contributed by atoms with van der Waals surface area (Å²) in [5, 5.41) is 3.25. The number of furan rings is 1. The van der Waals surface area contributed by atoms with Crippen LogP contribution in [-0.4, -0.2) is 0 Å². The predicted molar refractivity (Wildman–Crippen MR) is 90.6 cm³/mol. The standard InChI is InChI=1S/C17H12BrClFNO/c18-12-3-1-11(2-4-12)17-8-6-14(22-17)10-21-13-5-7-16(20)15(19)9-13/h1-9,21H,10H2. The van der Waals surface area contributed by atoms with Crippen molar-refractivity contribution >= 4 is 33.2 Å². The van der Waals surface area contributed by atoms with Crippen molar-refractivity contribution in [3.8, 4) is 11.3 Å². The third kappa shape index (κ3) is 3.51. The molecule has 0 fully saturated rings. The molecule has 2 aromatic carbocycles. The van der Waals surface area contributed by atoms with E-state index in [1.807, 2.05) is 36.4 Å². The molecule has 3 rings (SSSR count). The molecule has 0 bridgehead atoms. The van der Waals surface area contributed by atoms with Crippen LogP contribution in [0, 0.1) is 5.82 Å². The van der Waals surface area contributed by atoms with Gasteiger partial charge in [-0.15, -0.1) is 0 Å². The summed E-state index contributed by atoms with van der Waals surface area (Å²) in [5.74, 6) is 1.17. The van der Waals surface area contributed by atoms with E-state index in [9.17, 15) is 4.39 Å². The molecular formula is C17H12BrClFNO. The third-order valence-corrected chi connectivity index (χ3v) is 4.00. The molecular weight excluding hydrogens is 369 g/mol. The molecule has 1 N–H and O–H groups in total. The first-order chi connectivity index (χ1) is 10.6. The van der Waals surface area contributed by atoms with E-state index in [1.54, 1.807) is 12.1 Å². The molecule has 0 amide bonds. The Morgan fingerprint density at radius 2 is 1.82 bits per heavy atom. The van der Waals surface area contributed by atoms with Crippen molar-refractivity contribution < 1.29 is 8.81 Å². The van der Waals surface area contributed by atoms with E-state index in [0.717, 1.165) is 27.2 Å². The highest BCUT2D eigenvalue weighted by Crippen LogP contribution is 2.25. The highest BCUT2D eigenvalue weighted by Gasteiger charge is 2.06. The fraction of sp³-hybridized carbons (Fsp3) is 0.0588. The molecule has 5 heteroatoms. The molecule has 0 radical (unpaired) electrons. The number of hydrogen-bond acceptors (Lipinski definition) is 2. The van der Waals surface area contributed by atoms with Crippen molar-refractivity contribution in [1.82, 2.24) is 0 Å². The number of anilines is 1. The molecule has 1 heterocycles. The van der Waals surface area contributed by atoms with Crippen molar-refractivity contribution in [2.75, 3.05) is 5.32 Å². The van der Waals surface area contributed by atoms with Gasteiger partial charge in [-0.3, -0.25) is 0 Å². The largest absolute Gasteiger partial charge is 0.459 e. The Hall–Kier alpha value is -1.78. The molecule has 0 spiro atoms. The monoisotopic (exact) mass is 379 g/mol. The van der Waals surface area contributed by atoms with Crippen LogP contribution in [0.4, 0.5) is 10.1 Å². The van der Waals surface area contributed by atoms with Gasteiger partial charge in [0.25, 0.3) is 0 Å². The van der Waals surface area contributed by atoms with Crippen LogP contribution in [0.25, 0.3) is 11.3 Å². The molecule has 22 heavy (non-hydrogen) atoms. The zero-order valence-electron chi connectivity index (χ0n) is 11.4. The van der Waals surface area contributed by atoms with Crippen molar-refractivity contribution in [3.05, 3.63) is 75.7 Å². The van der Waals surface area contributed by atoms with E-state index < -0.39 is 5.82 Å². The van der Waals surface area contributed by atoms with Crippen LogP contribution in [0.5, 0.6) is 0 Å². The molecule has 0 saturated carbocycles. The summed E-state index contributed by atoms with van der Waals surface area (Å²) in [7, 11) is 0. The number of rotatable bonds is 4. The van der Waals surface area contributed by atoms with E-state index >= 15 is 0 Å². The van der Waals surface area contributed by atoms with Gasteiger partial charge in [0.1, 0.15) is 17.3 Å². The summed E-state index contributed by atoms with van der Waals surface area (Å²) in [5.41, 5.74) is 1.76. The molecule has 0 aliphatic carbocycles. The van der Waals surface area contributed by atoms with Crippen LogP contribution in [0.2, 0.25) is 5.02 Å². The van der Waals surface area contributed by atoms with Gasteiger partial charge in [-0.05, 0) is 42.5 Å². The van der Waals surface area contributed by atoms with Crippen molar-refractivity contribution in [1.29, 1.82) is 0 Å². The maximum Gasteiger partial charge on any atom is 0.141 e. The van der Waals surface area contributed by atoms with Gasteiger partial charge in [0, 0.05) is 15.7 Å². The first-order valence-corrected chi connectivity index (χ1v) is 7.82. The Kier molecular flexibility index (Phi) is 4.50. The lowest BCUT2D eigenvalue weighted by Crippen LogP contribution is -1.98. The normalized spacial score (nSPS) is 10.7. The second-order valence-electron chi connectivity index (χ2n) is 4.76. The molecule has 3 aromatic rings. The minimum atomic E-state index is -0.428. The molecule has 0 unspecified atom stereocenters. The van der Waals surface area contributed by atoms with E-state index in [4.69, 9.17) is 16.0 Å². The van der Waals surface area contributed by atoms with E-state index in [0.29, 0.717) is 6.54 Å². The van der Waals surface area contributed by atoms with Crippen LogP contribution >= 0.6 is 27.5 Å². The van der Waals surface area contributed by atoms with Gasteiger partial charge in [-0.2, -0.15) is 0 Å². The van der Waals surface area contributed by atoms with Crippen molar-refractivity contribution in [2.24, 2.45) is 0 Å². The molecule has 0 aliphatic heterocycles. The maximum absolute atomic E-state index is 13.1. The van der Waals surface area contributed by atoms with E-state index in [-0.39, 0.29) is 5.02 Å². The fourth-order valence-electron chi connectivity index (χ4n) is 2.04. The molecule has 0 saturated heterocycles. The Bertz CT molecular complexity index is 786. The summed E-state index contributed by atoms with van der Waals surface area (Å²) in [6.07, 6.45) is 0. The number of halogens is 3. The molecule has 0 aliphatic rings. The first-order valence-electron chi connectivity index (χ1n) is 6.65. The summed E-state index contributed by atoms with van der Waals surface area (Å²) in [6.45, 7) is 0.499. The third-order valence-electron chi connectivity index (χ3n) is 3.18. The lowest BCUT2D eigenvalue weighted by atomic mass is 10.2. The SMILES string of the molecule is Fc1ccc(NCc2ccc(-c3ccc(Br)cc3)o2)cc1Cl. The van der Waals surface area contributed by atoms with E-state index in [2.05, 4.69) is 21.2 Å². The maximum atomic E-state index is 13.1. The highest BCUT2D eigenvalue weighted by atomic mass is 79.9. The smallest absolute Gasteiger partial charge is 0.141 e. The van der Waals surface area contributed by atoms with Crippen LogP contribution in [0.1, 0.15) is 5.76 Å². The minimum absolute atomic E-state index is 0.0972. The number of hydrogen-bond donors (Lipinski definition) is 1. The Balaban J connectivity index is 1.69. The topological polar surface area (TPSA) is 25.2 Å². The average molecular weight is 381 g/mol. The van der Waals surface area contributed by atoms with Gasteiger partial charge in [-0.25, -0.2) is 4.39 Å². The lowest BCUT2D eigenvalue weighted by Gasteiger charge is -2.05. The quantitative estimate of drug-likeness (QED) is 0.590. The van der Waals surface area contributed by atoms with Crippen LogP contribution < -0.4 is 5.32 Å². The summed E-state index contributed by atoms with van der Waals surface area (Å²) < 4.78 is 19.9. The van der Waals surface area contributed by atoms with Gasteiger partial charge < -0.3 is 9.73 Å². The Labute approximate surface area is 141 Å². The fourth-order valence-corrected chi connectivity index (χ4v) is 2.48. The molecule has 112 valence electrons. The van der Waals surface area contributed by atoms with Crippen molar-refractivity contribution in [3.63, 3.8) is 0 Å². The lowest BCUT2D eigenvalue weighted by molar-refractivity contribution is 0.531. The van der Waals surface area contributed by atoms with Crippen molar-refractivity contribution in [2.45, 2.75) is 6.54 Å². The average Bonchev–Trinajstić information content (AvgIpc) is 2.98. The summed E-state index contributed by atoms with van der Waals surface area (Å²) in [6, 6.07) is 16.3. The summed E-state index contributed by atoms with van der Waals surface area (Å²) in [4.78, 5) is 0. The Morgan fingerprint density at radius 3 is 2.55 bits per heavy atom. The van der Waals surface area contributed by atoms with Gasteiger partial charge in [0.15, 0.2) is 0 Å². The number of nitrogens with one attached hydrogen (secondary N) is 1. The zero-order chi connectivity index (χ0) is 15.5. The second-order valence-corrected chi connectivity index (χ2v) is 6.08. The second kappa shape index (κ2) is 6.55. The predicted octanol–water partition coefficient (Wildman–Crippen LogP) is 6.11. The van der Waals surface area contributed by atoms with E-state index in [1.165, 1.54) is 6.07 Å². The minimum Gasteiger partial charge on any atom is -0.459 e.